The van der Waals surface area contributed by atoms with Crippen LogP contribution in [0.4, 0.5) is 8.78 Å². The molecule has 1 unspecified atom stereocenters. The number of benzene rings is 1. The van der Waals surface area contributed by atoms with Crippen LogP contribution in [-0.2, 0) is 11.2 Å². The van der Waals surface area contributed by atoms with Gasteiger partial charge in [0.25, 0.3) is 0 Å². The molecule has 0 saturated heterocycles. The number of carbonyl (C=O) groups is 1. The Kier molecular flexibility index (Phi) is 2.66. The summed E-state index contributed by atoms with van der Waals surface area (Å²) < 4.78 is 26.2. The highest BCUT2D eigenvalue weighted by molar-refractivity contribution is 5.75. The van der Waals surface area contributed by atoms with Crippen molar-refractivity contribution >= 4 is 5.97 Å². The molecule has 0 spiro atoms. The van der Waals surface area contributed by atoms with E-state index in [4.69, 9.17) is 5.11 Å². The zero-order valence-corrected chi connectivity index (χ0v) is 8.62. The first kappa shape index (κ1) is 11.0. The van der Waals surface area contributed by atoms with Crippen molar-refractivity contribution in [2.24, 2.45) is 0 Å². The molecule has 0 aromatic heterocycles. The largest absolute Gasteiger partial charge is 0.477 e. The minimum absolute atomic E-state index is 0.331. The Morgan fingerprint density at radius 2 is 2.12 bits per heavy atom. The number of halogens is 2. The molecule has 0 fully saturated rings. The molecule has 0 radical (unpaired) electrons. The van der Waals surface area contributed by atoms with Gasteiger partial charge in [-0.3, -0.25) is 0 Å². The number of hydrogen-bond donors (Lipinski definition) is 1. The van der Waals surface area contributed by atoms with E-state index in [1.807, 2.05) is 18.2 Å². The number of carboxylic acid groups (broad SMARTS) is 1. The van der Waals surface area contributed by atoms with Crippen LogP contribution in [0.5, 0.6) is 0 Å². The smallest absolute Gasteiger partial charge is 0.374 e. The molecule has 4 heteroatoms. The van der Waals surface area contributed by atoms with E-state index >= 15 is 0 Å². The summed E-state index contributed by atoms with van der Waals surface area (Å²) in [6.07, 6.45) is 0.776. The summed E-state index contributed by atoms with van der Waals surface area (Å²) in [6.45, 7) is 0. The Hall–Kier alpha value is -1.45. The SMILES string of the molecule is O=C(O)C(F)(F)CC1CCc2ccccc21. The van der Waals surface area contributed by atoms with Gasteiger partial charge in [-0.2, -0.15) is 8.78 Å². The molecule has 0 amide bonds. The standard InChI is InChI=1S/C12H12F2O2/c13-12(14,11(15)16)7-9-6-5-8-3-1-2-4-10(8)9/h1-4,9H,5-7H2,(H,15,16). The van der Waals surface area contributed by atoms with E-state index in [0.29, 0.717) is 6.42 Å². The van der Waals surface area contributed by atoms with Crippen molar-refractivity contribution in [2.75, 3.05) is 0 Å². The van der Waals surface area contributed by atoms with E-state index < -0.39 is 18.3 Å². The van der Waals surface area contributed by atoms with Crippen LogP contribution < -0.4 is 0 Å². The van der Waals surface area contributed by atoms with Crippen molar-refractivity contribution in [3.63, 3.8) is 0 Å². The van der Waals surface area contributed by atoms with Crippen LogP contribution in [0.25, 0.3) is 0 Å². The average molecular weight is 226 g/mol. The molecule has 1 atom stereocenters. The van der Waals surface area contributed by atoms with Gasteiger partial charge in [-0.15, -0.1) is 0 Å². The summed E-state index contributed by atoms with van der Waals surface area (Å²) in [5, 5.41) is 8.40. The first-order valence-corrected chi connectivity index (χ1v) is 5.20. The zero-order valence-electron chi connectivity index (χ0n) is 8.62. The lowest BCUT2D eigenvalue weighted by atomic mass is 9.94. The van der Waals surface area contributed by atoms with Gasteiger partial charge in [0, 0.05) is 6.42 Å². The number of carboxylic acids is 1. The number of hydrogen-bond acceptors (Lipinski definition) is 1. The molecule has 1 aliphatic rings. The Labute approximate surface area is 91.9 Å². The van der Waals surface area contributed by atoms with Crippen LogP contribution in [-0.4, -0.2) is 17.0 Å². The van der Waals surface area contributed by atoms with Gasteiger partial charge in [-0.05, 0) is 29.9 Å². The fourth-order valence-electron chi connectivity index (χ4n) is 2.25. The Bertz CT molecular complexity index is 415. The summed E-state index contributed by atoms with van der Waals surface area (Å²) in [6, 6.07) is 7.39. The topological polar surface area (TPSA) is 37.3 Å². The highest BCUT2D eigenvalue weighted by atomic mass is 19.3. The molecule has 0 bridgehead atoms. The zero-order chi connectivity index (χ0) is 11.8. The summed E-state index contributed by atoms with van der Waals surface area (Å²) in [5.74, 6) is -5.98. The molecule has 2 nitrogen and oxygen atoms in total. The fraction of sp³-hybridized carbons (Fsp3) is 0.417. The first-order chi connectivity index (χ1) is 7.50. The third kappa shape index (κ3) is 1.92. The van der Waals surface area contributed by atoms with Gasteiger partial charge in [0.2, 0.25) is 0 Å². The minimum Gasteiger partial charge on any atom is -0.477 e. The highest BCUT2D eigenvalue weighted by Crippen LogP contribution is 2.39. The fourth-order valence-corrected chi connectivity index (χ4v) is 2.25. The first-order valence-electron chi connectivity index (χ1n) is 5.20. The van der Waals surface area contributed by atoms with Gasteiger partial charge in [-0.1, -0.05) is 24.3 Å². The van der Waals surface area contributed by atoms with Crippen molar-refractivity contribution < 1.29 is 18.7 Å². The van der Waals surface area contributed by atoms with Crippen molar-refractivity contribution in [1.29, 1.82) is 0 Å². The van der Waals surface area contributed by atoms with Crippen molar-refractivity contribution in [3.8, 4) is 0 Å². The molecule has 1 N–H and O–H groups in total. The second-order valence-corrected chi connectivity index (χ2v) is 4.15. The van der Waals surface area contributed by atoms with E-state index in [-0.39, 0.29) is 5.92 Å². The van der Waals surface area contributed by atoms with Gasteiger partial charge in [0.1, 0.15) is 0 Å². The molecule has 1 aromatic carbocycles. The van der Waals surface area contributed by atoms with E-state index in [1.54, 1.807) is 6.07 Å². The maximum Gasteiger partial charge on any atom is 0.374 e. The Morgan fingerprint density at radius 3 is 2.81 bits per heavy atom. The van der Waals surface area contributed by atoms with Crippen molar-refractivity contribution in [1.82, 2.24) is 0 Å². The lowest BCUT2D eigenvalue weighted by molar-refractivity contribution is -0.166. The number of aliphatic carboxylic acids is 1. The maximum atomic E-state index is 13.1. The normalized spacial score (nSPS) is 19.5. The second kappa shape index (κ2) is 3.85. The van der Waals surface area contributed by atoms with Gasteiger partial charge in [0.05, 0.1) is 0 Å². The molecule has 1 aliphatic carbocycles. The molecule has 0 aliphatic heterocycles. The summed E-state index contributed by atoms with van der Waals surface area (Å²) in [5.41, 5.74) is 1.94. The highest BCUT2D eigenvalue weighted by Gasteiger charge is 2.42. The quantitative estimate of drug-likeness (QED) is 0.860. The molecule has 16 heavy (non-hydrogen) atoms. The average Bonchev–Trinajstić information content (AvgIpc) is 2.61. The predicted molar refractivity (Wildman–Crippen MR) is 54.7 cm³/mol. The van der Waals surface area contributed by atoms with Crippen LogP contribution in [0.15, 0.2) is 24.3 Å². The number of aryl methyl sites for hydroxylation is 1. The van der Waals surface area contributed by atoms with Gasteiger partial charge < -0.3 is 5.11 Å². The molecule has 2 rings (SSSR count). The second-order valence-electron chi connectivity index (χ2n) is 4.15. The Morgan fingerprint density at radius 1 is 1.44 bits per heavy atom. The van der Waals surface area contributed by atoms with Gasteiger partial charge in [0.15, 0.2) is 0 Å². The van der Waals surface area contributed by atoms with Crippen LogP contribution in [0, 0.1) is 0 Å². The predicted octanol–water partition coefficient (Wildman–Crippen LogP) is 2.83. The summed E-state index contributed by atoms with van der Waals surface area (Å²) in [4.78, 5) is 10.4. The minimum atomic E-state index is -3.62. The van der Waals surface area contributed by atoms with Crippen LogP contribution in [0.1, 0.15) is 29.9 Å². The maximum absolute atomic E-state index is 13.1. The molecular weight excluding hydrogens is 214 g/mol. The van der Waals surface area contributed by atoms with Crippen LogP contribution in [0.2, 0.25) is 0 Å². The molecule has 0 heterocycles. The van der Waals surface area contributed by atoms with Crippen LogP contribution in [0.3, 0.4) is 0 Å². The lowest BCUT2D eigenvalue weighted by Gasteiger charge is -2.16. The molecule has 0 saturated carbocycles. The lowest BCUT2D eigenvalue weighted by Crippen LogP contribution is -2.29. The van der Waals surface area contributed by atoms with E-state index in [1.165, 1.54) is 0 Å². The molecule has 1 aromatic rings. The summed E-state index contributed by atoms with van der Waals surface area (Å²) in [7, 11) is 0. The number of alkyl halides is 2. The van der Waals surface area contributed by atoms with E-state index in [9.17, 15) is 13.6 Å². The van der Waals surface area contributed by atoms with Crippen molar-refractivity contribution in [2.45, 2.75) is 31.1 Å². The molecule has 86 valence electrons. The third-order valence-electron chi connectivity index (χ3n) is 3.07. The van der Waals surface area contributed by atoms with Crippen molar-refractivity contribution in [3.05, 3.63) is 35.4 Å². The summed E-state index contributed by atoms with van der Waals surface area (Å²) >= 11 is 0. The van der Waals surface area contributed by atoms with Crippen LogP contribution >= 0.6 is 0 Å². The third-order valence-corrected chi connectivity index (χ3v) is 3.07. The van der Waals surface area contributed by atoms with E-state index in [0.717, 1.165) is 17.5 Å². The van der Waals surface area contributed by atoms with Gasteiger partial charge in [-0.25, -0.2) is 4.79 Å². The Balaban J connectivity index is 2.18. The van der Waals surface area contributed by atoms with E-state index in [2.05, 4.69) is 0 Å². The number of fused-ring (bicyclic) bond motifs is 1. The molecular formula is C12H12F2O2. The van der Waals surface area contributed by atoms with Gasteiger partial charge >= 0.3 is 11.9 Å². The monoisotopic (exact) mass is 226 g/mol. The number of rotatable bonds is 3.